The van der Waals surface area contributed by atoms with Gasteiger partial charge in [0, 0.05) is 37.5 Å². The van der Waals surface area contributed by atoms with E-state index in [-0.39, 0.29) is 17.8 Å². The summed E-state index contributed by atoms with van der Waals surface area (Å²) in [6, 6.07) is 10.5. The van der Waals surface area contributed by atoms with Gasteiger partial charge in [0.15, 0.2) is 11.6 Å². The molecule has 7 heteroatoms. The zero-order valence-electron chi connectivity index (χ0n) is 15.5. The van der Waals surface area contributed by atoms with Crippen molar-refractivity contribution in [1.82, 2.24) is 10.3 Å². The highest BCUT2D eigenvalue weighted by atomic mass is 35.5. The number of hydrogen-bond acceptors (Lipinski definition) is 4. The van der Waals surface area contributed by atoms with Gasteiger partial charge in [-0.1, -0.05) is 23.7 Å². The second-order valence-corrected chi connectivity index (χ2v) is 8.03. The Labute approximate surface area is 168 Å². The quantitative estimate of drug-likeness (QED) is 0.804. The first-order chi connectivity index (χ1) is 13.6. The van der Waals surface area contributed by atoms with E-state index in [0.717, 1.165) is 25.0 Å². The molecule has 0 saturated carbocycles. The lowest BCUT2D eigenvalue weighted by molar-refractivity contribution is -0.133. The molecule has 1 unspecified atom stereocenters. The van der Waals surface area contributed by atoms with Crippen molar-refractivity contribution in [2.45, 2.75) is 25.4 Å². The molecule has 3 heterocycles. The van der Waals surface area contributed by atoms with Crippen LogP contribution in [0.4, 0.5) is 10.2 Å². The van der Waals surface area contributed by atoms with Crippen molar-refractivity contribution in [2.24, 2.45) is 5.41 Å². The fourth-order valence-corrected chi connectivity index (χ4v) is 4.10. The van der Waals surface area contributed by atoms with Crippen molar-refractivity contribution in [3.05, 3.63) is 59.0 Å². The molecular weight excluding hydrogens is 381 g/mol. The number of pyridine rings is 1. The van der Waals surface area contributed by atoms with Gasteiger partial charge in [-0.3, -0.25) is 4.79 Å². The predicted octanol–water partition coefficient (Wildman–Crippen LogP) is 3.22. The second kappa shape index (κ2) is 8.05. The molecule has 0 spiro atoms. The smallest absolute Gasteiger partial charge is 0.230 e. The molecule has 4 rings (SSSR count). The highest BCUT2D eigenvalue weighted by molar-refractivity contribution is 6.30. The van der Waals surface area contributed by atoms with Crippen LogP contribution >= 0.6 is 11.6 Å². The molecule has 1 aromatic heterocycles. The lowest BCUT2D eigenvalue weighted by Gasteiger charge is -2.49. The van der Waals surface area contributed by atoms with Crippen LogP contribution in [-0.2, 0) is 16.0 Å². The molecule has 2 saturated heterocycles. The zero-order valence-corrected chi connectivity index (χ0v) is 16.3. The van der Waals surface area contributed by atoms with Gasteiger partial charge < -0.3 is 15.0 Å². The van der Waals surface area contributed by atoms with E-state index >= 15 is 0 Å². The molecule has 28 heavy (non-hydrogen) atoms. The van der Waals surface area contributed by atoms with Crippen LogP contribution in [-0.4, -0.2) is 43.2 Å². The van der Waals surface area contributed by atoms with E-state index in [1.807, 2.05) is 29.2 Å². The number of halogens is 2. The number of hydrogen-bond donors (Lipinski definition) is 1. The largest absolute Gasteiger partial charge is 0.376 e. The third kappa shape index (κ3) is 3.98. The summed E-state index contributed by atoms with van der Waals surface area (Å²) in [6.45, 7) is 2.10. The van der Waals surface area contributed by atoms with Crippen LogP contribution in [0.25, 0.3) is 0 Å². The summed E-state index contributed by atoms with van der Waals surface area (Å²) < 4.78 is 19.7. The Kier molecular flexibility index (Phi) is 5.51. The summed E-state index contributed by atoms with van der Waals surface area (Å²) in [7, 11) is 0. The first-order valence-electron chi connectivity index (χ1n) is 9.56. The number of carbonyl (C=O) groups excluding carboxylic acids is 1. The monoisotopic (exact) mass is 403 g/mol. The molecule has 2 aromatic rings. The van der Waals surface area contributed by atoms with Crippen molar-refractivity contribution in [3.63, 3.8) is 0 Å². The number of rotatable bonds is 6. The third-order valence-corrected chi connectivity index (χ3v) is 5.73. The van der Waals surface area contributed by atoms with Crippen molar-refractivity contribution in [1.29, 1.82) is 0 Å². The number of aromatic nitrogens is 1. The molecule has 5 nitrogen and oxygen atoms in total. The van der Waals surface area contributed by atoms with Crippen molar-refractivity contribution in [3.8, 4) is 0 Å². The fraction of sp³-hybridized carbons (Fsp3) is 0.429. The Bertz CT molecular complexity index is 834. The molecule has 0 aliphatic carbocycles. The first kappa shape index (κ1) is 19.2. The molecule has 0 bridgehead atoms. The third-order valence-electron chi connectivity index (χ3n) is 5.48. The summed E-state index contributed by atoms with van der Waals surface area (Å²) in [5.41, 5.74) is 0.397. The molecule has 1 aromatic carbocycles. The van der Waals surface area contributed by atoms with Crippen LogP contribution in [0.2, 0.25) is 5.02 Å². The maximum atomic E-state index is 14.1. The van der Waals surface area contributed by atoms with Crippen molar-refractivity contribution >= 4 is 23.3 Å². The minimum Gasteiger partial charge on any atom is -0.376 e. The average molecular weight is 404 g/mol. The van der Waals surface area contributed by atoms with Gasteiger partial charge in [-0.15, -0.1) is 0 Å². The maximum absolute atomic E-state index is 14.1. The van der Waals surface area contributed by atoms with Gasteiger partial charge in [-0.05, 0) is 49.1 Å². The minimum atomic E-state index is -0.629. The summed E-state index contributed by atoms with van der Waals surface area (Å²) in [5, 5.41) is 3.71. The number of nitrogens with one attached hydrogen (secondary N) is 1. The Hall–Kier alpha value is -2.18. The number of ether oxygens (including phenoxy) is 1. The van der Waals surface area contributed by atoms with E-state index in [4.69, 9.17) is 16.3 Å². The number of nitrogens with zero attached hydrogens (tertiary/aromatic N) is 2. The molecule has 2 aliphatic heterocycles. The van der Waals surface area contributed by atoms with Crippen LogP contribution in [0.15, 0.2) is 42.6 Å². The summed E-state index contributed by atoms with van der Waals surface area (Å²) in [5.74, 6) is -0.103. The topological polar surface area (TPSA) is 54.5 Å². The summed E-state index contributed by atoms with van der Waals surface area (Å²) >= 11 is 5.99. The number of benzene rings is 1. The predicted molar refractivity (Wildman–Crippen MR) is 106 cm³/mol. The fourth-order valence-electron chi connectivity index (χ4n) is 3.97. The van der Waals surface area contributed by atoms with Crippen LogP contribution in [0.1, 0.15) is 18.4 Å². The Morgan fingerprint density at radius 2 is 2.11 bits per heavy atom. The van der Waals surface area contributed by atoms with Crippen molar-refractivity contribution < 1.29 is 13.9 Å². The molecular formula is C21H23ClFN3O2. The Morgan fingerprint density at radius 1 is 1.32 bits per heavy atom. The van der Waals surface area contributed by atoms with E-state index in [2.05, 4.69) is 10.3 Å². The lowest BCUT2D eigenvalue weighted by Crippen LogP contribution is -2.65. The van der Waals surface area contributed by atoms with Crippen LogP contribution < -0.4 is 10.2 Å². The van der Waals surface area contributed by atoms with Gasteiger partial charge in [0.1, 0.15) is 0 Å². The molecule has 1 amide bonds. The SMILES string of the molecule is O=C(NCC1CCCO1)C1(Cc2ccc(Cl)cc2)CN(c2ncccc2F)C1. The molecule has 2 fully saturated rings. The van der Waals surface area contributed by atoms with Gasteiger partial charge in [-0.25, -0.2) is 9.37 Å². The molecule has 1 N–H and O–H groups in total. The second-order valence-electron chi connectivity index (χ2n) is 7.59. The highest BCUT2D eigenvalue weighted by Crippen LogP contribution is 2.38. The van der Waals surface area contributed by atoms with Gasteiger partial charge in [0.25, 0.3) is 0 Å². The summed E-state index contributed by atoms with van der Waals surface area (Å²) in [4.78, 5) is 19.1. The first-order valence-corrected chi connectivity index (χ1v) is 9.93. The minimum absolute atomic E-state index is 0.0226. The van der Waals surface area contributed by atoms with Crippen LogP contribution in [0.3, 0.4) is 0 Å². The molecule has 2 aliphatic rings. The van der Waals surface area contributed by atoms with E-state index in [1.165, 1.54) is 6.07 Å². The maximum Gasteiger partial charge on any atom is 0.230 e. The number of anilines is 1. The standard InChI is InChI=1S/C21H23ClFN3O2/c22-16-7-5-15(6-8-16)11-21(20(27)25-12-17-3-2-10-28-17)13-26(14-21)19-18(23)4-1-9-24-19/h1,4-9,17H,2-3,10-14H2,(H,25,27). The van der Waals surface area contributed by atoms with Crippen LogP contribution in [0, 0.1) is 11.2 Å². The van der Waals surface area contributed by atoms with Crippen LogP contribution in [0.5, 0.6) is 0 Å². The van der Waals surface area contributed by atoms with Crippen molar-refractivity contribution in [2.75, 3.05) is 31.1 Å². The highest BCUT2D eigenvalue weighted by Gasteiger charge is 2.50. The van der Waals surface area contributed by atoms with E-state index in [1.54, 1.807) is 12.3 Å². The number of amides is 1. The average Bonchev–Trinajstić information content (AvgIpc) is 3.18. The molecule has 0 radical (unpaired) electrons. The molecule has 148 valence electrons. The Balaban J connectivity index is 1.49. The van der Waals surface area contributed by atoms with Gasteiger partial charge >= 0.3 is 0 Å². The summed E-state index contributed by atoms with van der Waals surface area (Å²) in [6.07, 6.45) is 4.21. The Morgan fingerprint density at radius 3 is 2.79 bits per heavy atom. The van der Waals surface area contributed by atoms with E-state index in [9.17, 15) is 9.18 Å². The number of carbonyl (C=O) groups is 1. The molecule has 1 atom stereocenters. The normalized spacial score (nSPS) is 20.6. The van der Waals surface area contributed by atoms with Gasteiger partial charge in [-0.2, -0.15) is 0 Å². The van der Waals surface area contributed by atoms with E-state index < -0.39 is 5.41 Å². The zero-order chi connectivity index (χ0) is 19.6. The van der Waals surface area contributed by atoms with E-state index in [0.29, 0.717) is 36.9 Å². The van der Waals surface area contributed by atoms with Gasteiger partial charge in [0.05, 0.1) is 11.5 Å². The lowest BCUT2D eigenvalue weighted by atomic mass is 9.73. The van der Waals surface area contributed by atoms with Gasteiger partial charge in [0.2, 0.25) is 5.91 Å².